The highest BCUT2D eigenvalue weighted by Crippen LogP contribution is 2.11. The zero-order valence-corrected chi connectivity index (χ0v) is 10.3. The topological polar surface area (TPSA) is 61.9 Å². The first-order valence-corrected chi connectivity index (χ1v) is 5.55. The second kappa shape index (κ2) is 5.05. The Labute approximate surface area is 105 Å². The Morgan fingerprint density at radius 2 is 2.06 bits per heavy atom. The van der Waals surface area contributed by atoms with Crippen LogP contribution in [-0.4, -0.2) is 42.7 Å². The van der Waals surface area contributed by atoms with Gasteiger partial charge in [0.2, 0.25) is 0 Å². The summed E-state index contributed by atoms with van der Waals surface area (Å²) < 4.78 is 4.62. The predicted octanol–water partition coefficient (Wildman–Crippen LogP) is 0.803. The van der Waals surface area contributed by atoms with Crippen LogP contribution < -0.4 is 5.43 Å². The monoisotopic (exact) mass is 249 g/mol. The molecule has 96 valence electrons. The van der Waals surface area contributed by atoms with Crippen LogP contribution in [0.1, 0.15) is 15.9 Å². The third-order valence-electron chi connectivity index (χ3n) is 2.80. The molecule has 1 heterocycles. The third kappa shape index (κ3) is 2.43. The van der Waals surface area contributed by atoms with Gasteiger partial charge in [0.25, 0.3) is 0 Å². The molecule has 0 unspecified atom stereocenters. The summed E-state index contributed by atoms with van der Waals surface area (Å²) in [6, 6.07) is 6.96. The van der Waals surface area contributed by atoms with E-state index in [2.05, 4.69) is 10.2 Å². The number of ether oxygens (including phenoxy) is 1. The number of hydrogen-bond acceptors (Lipinski definition) is 4. The van der Waals surface area contributed by atoms with E-state index in [-0.39, 0.29) is 12.0 Å². The lowest BCUT2D eigenvalue weighted by Crippen LogP contribution is -2.30. The van der Waals surface area contributed by atoms with Gasteiger partial charge in [0.15, 0.2) is 0 Å². The van der Waals surface area contributed by atoms with Crippen molar-refractivity contribution in [3.63, 3.8) is 0 Å². The lowest BCUT2D eigenvalue weighted by atomic mass is 10.1. The van der Waals surface area contributed by atoms with Crippen LogP contribution in [0.5, 0.6) is 0 Å². The first-order valence-electron chi connectivity index (χ1n) is 5.55. The van der Waals surface area contributed by atoms with Crippen molar-refractivity contribution in [2.75, 3.05) is 20.8 Å². The van der Waals surface area contributed by atoms with Crippen LogP contribution in [0.2, 0.25) is 0 Å². The van der Waals surface area contributed by atoms with Gasteiger partial charge in [-0.3, -0.25) is 5.01 Å². The van der Waals surface area contributed by atoms with E-state index in [1.54, 1.807) is 24.1 Å². The Kier molecular flexibility index (Phi) is 3.47. The second-order valence-corrected chi connectivity index (χ2v) is 4.04. The minimum atomic E-state index is -0.361. The molecular formula is C12H15N3O3. The summed E-state index contributed by atoms with van der Waals surface area (Å²) >= 11 is 0. The van der Waals surface area contributed by atoms with Crippen molar-refractivity contribution < 1.29 is 14.3 Å². The summed E-state index contributed by atoms with van der Waals surface area (Å²) in [5.74, 6) is -0.361. The highest BCUT2D eigenvalue weighted by atomic mass is 16.5. The Balaban J connectivity index is 2.03. The number of hydrazine groups is 1. The van der Waals surface area contributed by atoms with Gasteiger partial charge in [0, 0.05) is 13.6 Å². The van der Waals surface area contributed by atoms with Gasteiger partial charge in [-0.2, -0.15) is 0 Å². The Bertz CT molecular complexity index is 458. The van der Waals surface area contributed by atoms with Crippen LogP contribution in [0.4, 0.5) is 4.79 Å². The highest BCUT2D eigenvalue weighted by Gasteiger charge is 2.24. The molecular weight excluding hydrogens is 234 g/mol. The van der Waals surface area contributed by atoms with E-state index < -0.39 is 0 Å². The van der Waals surface area contributed by atoms with Gasteiger partial charge in [-0.15, -0.1) is 0 Å². The van der Waals surface area contributed by atoms with Crippen LogP contribution in [0.15, 0.2) is 24.3 Å². The van der Waals surface area contributed by atoms with Crippen molar-refractivity contribution in [2.24, 2.45) is 0 Å². The van der Waals surface area contributed by atoms with Crippen LogP contribution in [-0.2, 0) is 11.3 Å². The molecule has 1 N–H and O–H groups in total. The van der Waals surface area contributed by atoms with Crippen LogP contribution in [0.25, 0.3) is 0 Å². The molecule has 6 nitrogen and oxygen atoms in total. The molecule has 1 saturated heterocycles. The number of nitrogens with one attached hydrogen (secondary N) is 1. The molecule has 6 heteroatoms. The SMILES string of the molecule is COC(=O)c1ccc(CN2CNN(C)C2=O)cc1. The number of hydrogen-bond donors (Lipinski definition) is 1. The zero-order chi connectivity index (χ0) is 13.1. The molecule has 1 fully saturated rings. The summed E-state index contributed by atoms with van der Waals surface area (Å²) in [5, 5.41) is 1.45. The number of nitrogens with zero attached hydrogens (tertiary/aromatic N) is 2. The van der Waals surface area contributed by atoms with Gasteiger partial charge < -0.3 is 9.64 Å². The Morgan fingerprint density at radius 1 is 1.39 bits per heavy atom. The number of urea groups is 1. The number of rotatable bonds is 3. The minimum absolute atomic E-state index is 0.0629. The van der Waals surface area contributed by atoms with E-state index in [1.165, 1.54) is 12.1 Å². The maximum atomic E-state index is 11.6. The molecule has 2 rings (SSSR count). The molecule has 0 radical (unpaired) electrons. The number of benzene rings is 1. The molecule has 0 spiro atoms. The lowest BCUT2D eigenvalue weighted by molar-refractivity contribution is 0.0600. The zero-order valence-electron chi connectivity index (χ0n) is 10.3. The van der Waals surface area contributed by atoms with Crippen LogP contribution in [0, 0.1) is 0 Å². The molecule has 2 amide bonds. The molecule has 0 aromatic heterocycles. The molecule has 0 aliphatic carbocycles. The van der Waals surface area contributed by atoms with E-state index in [9.17, 15) is 9.59 Å². The minimum Gasteiger partial charge on any atom is -0.465 e. The maximum Gasteiger partial charge on any atom is 0.337 e. The van der Waals surface area contributed by atoms with Crippen molar-refractivity contribution in [3.8, 4) is 0 Å². The number of methoxy groups -OCH3 is 1. The van der Waals surface area contributed by atoms with Gasteiger partial charge in [0.05, 0.1) is 19.3 Å². The van der Waals surface area contributed by atoms with Gasteiger partial charge in [-0.25, -0.2) is 15.0 Å². The van der Waals surface area contributed by atoms with E-state index >= 15 is 0 Å². The second-order valence-electron chi connectivity index (χ2n) is 4.04. The molecule has 0 saturated carbocycles. The van der Waals surface area contributed by atoms with Crippen LogP contribution >= 0.6 is 0 Å². The van der Waals surface area contributed by atoms with Crippen LogP contribution in [0.3, 0.4) is 0 Å². The predicted molar refractivity (Wildman–Crippen MR) is 64.5 cm³/mol. The number of amides is 2. The standard InChI is InChI=1S/C12H15N3O3/c1-14-12(17)15(8-13-14)7-9-3-5-10(6-4-9)11(16)18-2/h3-6,13H,7-8H2,1-2H3. The fourth-order valence-electron chi connectivity index (χ4n) is 1.75. The lowest BCUT2D eigenvalue weighted by Gasteiger charge is -2.14. The average molecular weight is 249 g/mol. The van der Waals surface area contributed by atoms with Crippen molar-refractivity contribution in [2.45, 2.75) is 6.54 Å². The van der Waals surface area contributed by atoms with E-state index in [4.69, 9.17) is 0 Å². The average Bonchev–Trinajstić information content (AvgIpc) is 2.71. The summed E-state index contributed by atoms with van der Waals surface area (Å²) in [5.41, 5.74) is 4.38. The van der Waals surface area contributed by atoms with Gasteiger partial charge in [-0.05, 0) is 17.7 Å². The first kappa shape index (κ1) is 12.4. The van der Waals surface area contributed by atoms with E-state index in [0.29, 0.717) is 18.8 Å². The quantitative estimate of drug-likeness (QED) is 0.805. The first-order chi connectivity index (χ1) is 8.61. The number of esters is 1. The van der Waals surface area contributed by atoms with Crippen molar-refractivity contribution in [1.29, 1.82) is 0 Å². The molecule has 1 aliphatic heterocycles. The highest BCUT2D eigenvalue weighted by molar-refractivity contribution is 5.89. The number of carbonyl (C=O) groups is 2. The Morgan fingerprint density at radius 3 is 2.56 bits per heavy atom. The van der Waals surface area contributed by atoms with E-state index in [0.717, 1.165) is 5.56 Å². The fraction of sp³-hybridized carbons (Fsp3) is 0.333. The molecule has 1 aromatic rings. The molecule has 0 bridgehead atoms. The normalized spacial score (nSPS) is 15.1. The molecule has 1 aromatic carbocycles. The maximum absolute atomic E-state index is 11.6. The Hall–Kier alpha value is -2.08. The summed E-state index contributed by atoms with van der Waals surface area (Å²) in [7, 11) is 3.03. The molecule has 18 heavy (non-hydrogen) atoms. The van der Waals surface area contributed by atoms with Gasteiger partial charge in [-0.1, -0.05) is 12.1 Å². The third-order valence-corrected chi connectivity index (χ3v) is 2.80. The summed E-state index contributed by atoms with van der Waals surface area (Å²) in [6.07, 6.45) is 0. The smallest absolute Gasteiger partial charge is 0.337 e. The van der Waals surface area contributed by atoms with Crippen molar-refractivity contribution in [1.82, 2.24) is 15.3 Å². The summed E-state index contributed by atoms with van der Waals surface area (Å²) in [4.78, 5) is 24.6. The summed E-state index contributed by atoms with van der Waals surface area (Å²) in [6.45, 7) is 1.01. The number of carbonyl (C=O) groups excluding carboxylic acids is 2. The van der Waals surface area contributed by atoms with Crippen molar-refractivity contribution >= 4 is 12.0 Å². The van der Waals surface area contributed by atoms with Gasteiger partial charge in [0.1, 0.15) is 0 Å². The molecule has 1 aliphatic rings. The largest absolute Gasteiger partial charge is 0.465 e. The van der Waals surface area contributed by atoms with Crippen molar-refractivity contribution in [3.05, 3.63) is 35.4 Å². The van der Waals surface area contributed by atoms with E-state index in [1.807, 2.05) is 12.1 Å². The molecule has 0 atom stereocenters. The fourth-order valence-corrected chi connectivity index (χ4v) is 1.75. The van der Waals surface area contributed by atoms with Gasteiger partial charge >= 0.3 is 12.0 Å².